The number of pyridine rings is 1. The van der Waals surface area contributed by atoms with Crippen LogP contribution in [0.3, 0.4) is 0 Å². The maximum atomic E-state index is 13.1. The number of carbonyl (C=O) groups is 2. The number of rotatable bonds is 2. The van der Waals surface area contributed by atoms with Crippen molar-refractivity contribution in [2.45, 2.75) is 44.6 Å². The number of ether oxygens (including phenoxy) is 1. The average molecular weight is 376 g/mol. The number of anilines is 1. The minimum atomic E-state index is -0.356. The number of carbonyl (C=O) groups excluding carboxylic acids is 2. The summed E-state index contributed by atoms with van der Waals surface area (Å²) in [7, 11) is 0. The van der Waals surface area contributed by atoms with Gasteiger partial charge in [0.1, 0.15) is 16.9 Å². The zero-order valence-electron chi connectivity index (χ0n) is 15.6. The fourth-order valence-electron chi connectivity index (χ4n) is 4.47. The molecule has 3 aromatic rings. The first kappa shape index (κ1) is 17.0. The highest BCUT2D eigenvalue weighted by atomic mass is 16.5. The van der Waals surface area contributed by atoms with Gasteiger partial charge in [0.15, 0.2) is 11.5 Å². The van der Waals surface area contributed by atoms with Gasteiger partial charge >= 0.3 is 0 Å². The normalized spacial score (nSPS) is 17.5. The monoisotopic (exact) mass is 376 g/mol. The maximum absolute atomic E-state index is 13.1. The molecule has 6 heteroatoms. The van der Waals surface area contributed by atoms with Crippen molar-refractivity contribution >= 4 is 28.3 Å². The topological polar surface area (TPSA) is 81.4 Å². The van der Waals surface area contributed by atoms with Crippen LogP contribution in [-0.4, -0.2) is 22.3 Å². The van der Waals surface area contributed by atoms with E-state index in [1.54, 1.807) is 43.6 Å². The smallest absolute Gasteiger partial charge is 0.291 e. The highest BCUT2D eigenvalue weighted by Crippen LogP contribution is 2.46. The molecule has 0 atom stereocenters. The molecule has 1 fully saturated rings. The summed E-state index contributed by atoms with van der Waals surface area (Å²) in [4.78, 5) is 29.7. The van der Waals surface area contributed by atoms with Crippen LogP contribution in [0.5, 0.6) is 5.75 Å². The van der Waals surface area contributed by atoms with Crippen LogP contribution in [-0.2, 0) is 0 Å². The number of benzene rings is 1. The average Bonchev–Trinajstić information content (AvgIpc) is 3.27. The predicted molar refractivity (Wildman–Crippen MR) is 104 cm³/mol. The summed E-state index contributed by atoms with van der Waals surface area (Å²) in [6, 6.07) is 6.99. The number of fused-ring (bicyclic) bond motifs is 3. The fourth-order valence-corrected chi connectivity index (χ4v) is 4.47. The lowest BCUT2D eigenvalue weighted by Crippen LogP contribution is -2.39. The molecule has 1 aliphatic heterocycles. The molecule has 1 amide bonds. The number of Topliss-reactive ketones (excluding diaryl/α,β-unsaturated/α-hetero) is 1. The molecule has 2 aromatic heterocycles. The number of ketones is 1. The van der Waals surface area contributed by atoms with E-state index >= 15 is 0 Å². The van der Waals surface area contributed by atoms with Crippen LogP contribution < -0.4 is 10.1 Å². The Bertz CT molecular complexity index is 1090. The number of furan rings is 1. The Morgan fingerprint density at radius 3 is 2.64 bits per heavy atom. The van der Waals surface area contributed by atoms with Crippen LogP contribution in [0, 0.1) is 6.92 Å². The van der Waals surface area contributed by atoms with Crippen molar-refractivity contribution in [3.05, 3.63) is 53.5 Å². The standard InChI is InChI=1S/C22H20N2O4/c1-13-18-16(27-20(13)21(26)24-14-6-10-23-11-7-14)4-5-17-19(18)15(25)12-22(28-17)8-2-3-9-22/h4-7,10-11H,2-3,8-9,12H2,1H3,(H,23,24,26). The van der Waals surface area contributed by atoms with Gasteiger partial charge in [0, 0.05) is 29.0 Å². The van der Waals surface area contributed by atoms with Crippen molar-refractivity contribution in [3.63, 3.8) is 0 Å². The largest absolute Gasteiger partial charge is 0.486 e. The Labute approximate surface area is 161 Å². The molecule has 1 N–H and O–H groups in total. The molecule has 1 aliphatic carbocycles. The molecule has 0 unspecified atom stereocenters. The lowest BCUT2D eigenvalue weighted by Gasteiger charge is -2.34. The minimum absolute atomic E-state index is 0.0683. The molecular weight excluding hydrogens is 356 g/mol. The van der Waals surface area contributed by atoms with Gasteiger partial charge in [-0.1, -0.05) is 0 Å². The minimum Gasteiger partial charge on any atom is -0.486 e. The maximum Gasteiger partial charge on any atom is 0.291 e. The second kappa shape index (κ2) is 6.19. The third-order valence-corrected chi connectivity index (χ3v) is 5.80. The van der Waals surface area contributed by atoms with E-state index in [2.05, 4.69) is 10.3 Å². The van der Waals surface area contributed by atoms with Crippen molar-refractivity contribution in [1.29, 1.82) is 0 Å². The number of amides is 1. The number of aromatic nitrogens is 1. The van der Waals surface area contributed by atoms with E-state index in [4.69, 9.17) is 9.15 Å². The molecule has 142 valence electrons. The van der Waals surface area contributed by atoms with Crippen LogP contribution in [0.1, 0.15) is 58.6 Å². The molecule has 6 nitrogen and oxygen atoms in total. The predicted octanol–water partition coefficient (Wildman–Crippen LogP) is 4.67. The Hall–Kier alpha value is -3.15. The van der Waals surface area contributed by atoms with Crippen LogP contribution in [0.15, 0.2) is 41.1 Å². The van der Waals surface area contributed by atoms with E-state index in [9.17, 15) is 9.59 Å². The van der Waals surface area contributed by atoms with Crippen LogP contribution >= 0.6 is 0 Å². The molecule has 1 aromatic carbocycles. The van der Waals surface area contributed by atoms with E-state index in [-0.39, 0.29) is 23.1 Å². The number of aryl methyl sites for hydroxylation is 1. The third kappa shape index (κ3) is 2.59. The number of nitrogens with zero attached hydrogens (tertiary/aromatic N) is 1. The summed E-state index contributed by atoms with van der Waals surface area (Å²) in [6.45, 7) is 1.81. The molecule has 0 saturated heterocycles. The van der Waals surface area contributed by atoms with E-state index in [0.717, 1.165) is 25.7 Å². The van der Waals surface area contributed by atoms with Crippen molar-refractivity contribution < 1.29 is 18.7 Å². The van der Waals surface area contributed by atoms with E-state index in [1.165, 1.54) is 0 Å². The Kier molecular flexibility index (Phi) is 3.75. The molecule has 1 spiro atoms. The molecular formula is C22H20N2O4. The molecule has 3 heterocycles. The van der Waals surface area contributed by atoms with Crippen molar-refractivity contribution in [3.8, 4) is 5.75 Å². The lowest BCUT2D eigenvalue weighted by atomic mass is 9.87. The van der Waals surface area contributed by atoms with E-state index in [0.29, 0.717) is 40.0 Å². The summed E-state index contributed by atoms with van der Waals surface area (Å²) in [5.74, 6) is 0.522. The summed E-state index contributed by atoms with van der Waals surface area (Å²) in [5.41, 5.74) is 1.99. The zero-order valence-corrected chi connectivity index (χ0v) is 15.6. The Balaban J connectivity index is 1.56. The molecule has 2 aliphatic rings. The lowest BCUT2D eigenvalue weighted by molar-refractivity contribution is 0.0454. The SMILES string of the molecule is Cc1c(C(=O)Nc2ccncc2)oc2ccc3c(c12)C(=O)CC1(CCCC1)O3. The summed E-state index contributed by atoms with van der Waals surface area (Å²) in [6.07, 6.45) is 7.62. The van der Waals surface area contributed by atoms with Crippen molar-refractivity contribution in [2.75, 3.05) is 5.32 Å². The number of hydrogen-bond acceptors (Lipinski definition) is 5. The summed E-state index contributed by atoms with van der Waals surface area (Å²) in [5, 5.41) is 3.48. The van der Waals surface area contributed by atoms with Gasteiger partial charge in [-0.05, 0) is 56.9 Å². The highest BCUT2D eigenvalue weighted by Gasteiger charge is 2.43. The van der Waals surface area contributed by atoms with Crippen LogP contribution in [0.2, 0.25) is 0 Å². The van der Waals surface area contributed by atoms with Crippen molar-refractivity contribution in [1.82, 2.24) is 4.98 Å². The molecule has 28 heavy (non-hydrogen) atoms. The quantitative estimate of drug-likeness (QED) is 0.703. The van der Waals surface area contributed by atoms with Gasteiger partial charge in [0.25, 0.3) is 5.91 Å². The van der Waals surface area contributed by atoms with Gasteiger partial charge in [-0.2, -0.15) is 0 Å². The fraction of sp³-hybridized carbons (Fsp3) is 0.318. The molecule has 5 rings (SSSR count). The second-order valence-electron chi connectivity index (χ2n) is 7.65. The van der Waals surface area contributed by atoms with Crippen LogP contribution in [0.4, 0.5) is 5.69 Å². The Morgan fingerprint density at radius 1 is 1.14 bits per heavy atom. The third-order valence-electron chi connectivity index (χ3n) is 5.80. The highest BCUT2D eigenvalue weighted by molar-refractivity contribution is 6.14. The van der Waals surface area contributed by atoms with Gasteiger partial charge in [-0.15, -0.1) is 0 Å². The van der Waals surface area contributed by atoms with Crippen molar-refractivity contribution in [2.24, 2.45) is 0 Å². The summed E-state index contributed by atoms with van der Waals surface area (Å²) >= 11 is 0. The molecule has 0 radical (unpaired) electrons. The molecule has 0 bridgehead atoms. The van der Waals surface area contributed by atoms with Gasteiger partial charge < -0.3 is 14.5 Å². The molecule has 1 saturated carbocycles. The van der Waals surface area contributed by atoms with E-state index < -0.39 is 0 Å². The van der Waals surface area contributed by atoms with Gasteiger partial charge in [-0.3, -0.25) is 14.6 Å². The van der Waals surface area contributed by atoms with Gasteiger partial charge in [0.05, 0.1) is 12.0 Å². The van der Waals surface area contributed by atoms with Gasteiger partial charge in [0.2, 0.25) is 0 Å². The number of nitrogens with one attached hydrogen (secondary N) is 1. The number of hydrogen-bond donors (Lipinski definition) is 1. The Morgan fingerprint density at radius 2 is 1.89 bits per heavy atom. The van der Waals surface area contributed by atoms with Gasteiger partial charge in [-0.25, -0.2) is 0 Å². The first-order chi connectivity index (χ1) is 13.6. The first-order valence-corrected chi connectivity index (χ1v) is 9.56. The summed E-state index contributed by atoms with van der Waals surface area (Å²) < 4.78 is 12.1. The second-order valence-corrected chi connectivity index (χ2v) is 7.65. The first-order valence-electron chi connectivity index (χ1n) is 9.56. The van der Waals surface area contributed by atoms with Crippen LogP contribution in [0.25, 0.3) is 11.0 Å². The zero-order chi connectivity index (χ0) is 19.3. The van der Waals surface area contributed by atoms with E-state index in [1.807, 2.05) is 0 Å².